The number of amides is 3. The minimum Gasteiger partial charge on any atom is -0.383 e. The van der Waals surface area contributed by atoms with Crippen LogP contribution in [0.3, 0.4) is 0 Å². The highest BCUT2D eigenvalue weighted by atomic mass is 32.1. The number of hydrogen-bond donors (Lipinski definition) is 1. The molecule has 0 bridgehead atoms. The van der Waals surface area contributed by atoms with Crippen LogP contribution in [0.5, 0.6) is 0 Å². The van der Waals surface area contributed by atoms with E-state index in [-0.39, 0.29) is 11.8 Å². The van der Waals surface area contributed by atoms with Crippen LogP contribution >= 0.6 is 11.3 Å². The number of methoxy groups -OCH3 is 1. The Balaban J connectivity index is 2.02. The Morgan fingerprint density at radius 3 is 3.00 bits per heavy atom. The van der Waals surface area contributed by atoms with Gasteiger partial charge < -0.3 is 20.3 Å². The molecule has 2 rings (SSSR count). The molecule has 0 saturated carbocycles. The van der Waals surface area contributed by atoms with E-state index < -0.39 is 6.03 Å². The van der Waals surface area contributed by atoms with Crippen molar-refractivity contribution in [2.24, 2.45) is 11.7 Å². The maximum atomic E-state index is 12.8. The topological polar surface area (TPSA) is 75.9 Å². The van der Waals surface area contributed by atoms with Crippen LogP contribution in [0.25, 0.3) is 0 Å². The molecule has 2 heterocycles. The normalized spacial score (nSPS) is 18.2. The van der Waals surface area contributed by atoms with Gasteiger partial charge in [0.05, 0.1) is 19.1 Å². The summed E-state index contributed by atoms with van der Waals surface area (Å²) >= 11 is 1.63. The Morgan fingerprint density at radius 2 is 2.36 bits per heavy atom. The van der Waals surface area contributed by atoms with Crippen molar-refractivity contribution in [3.8, 4) is 0 Å². The van der Waals surface area contributed by atoms with Gasteiger partial charge in [-0.05, 0) is 24.3 Å². The number of thiophene rings is 1. The first kappa shape index (κ1) is 16.8. The van der Waals surface area contributed by atoms with E-state index >= 15 is 0 Å². The molecule has 22 heavy (non-hydrogen) atoms. The van der Waals surface area contributed by atoms with Gasteiger partial charge in [0.25, 0.3) is 0 Å². The van der Waals surface area contributed by atoms with Gasteiger partial charge in [-0.2, -0.15) is 0 Å². The molecule has 1 fully saturated rings. The number of ether oxygens (including phenoxy) is 1. The third kappa shape index (κ3) is 4.45. The quantitative estimate of drug-likeness (QED) is 0.861. The van der Waals surface area contributed by atoms with E-state index in [0.717, 1.165) is 17.7 Å². The van der Waals surface area contributed by atoms with Crippen molar-refractivity contribution in [2.75, 3.05) is 33.4 Å². The Labute approximate surface area is 134 Å². The number of piperidine rings is 1. The summed E-state index contributed by atoms with van der Waals surface area (Å²) in [5.74, 6) is -0.0885. The molecular formula is C15H23N3O3S. The number of urea groups is 1. The third-order valence-corrected chi connectivity index (χ3v) is 4.75. The molecule has 1 saturated heterocycles. The summed E-state index contributed by atoms with van der Waals surface area (Å²) in [6.07, 6.45) is 1.62. The SMILES string of the molecule is COCCN(Cc1cccs1)C(=O)[C@H]1CCCN(C(N)=O)C1. The zero-order valence-electron chi connectivity index (χ0n) is 12.9. The van der Waals surface area contributed by atoms with Gasteiger partial charge in [0.15, 0.2) is 0 Å². The lowest BCUT2D eigenvalue weighted by molar-refractivity contribution is -0.138. The van der Waals surface area contributed by atoms with Crippen LogP contribution in [0.2, 0.25) is 0 Å². The van der Waals surface area contributed by atoms with Crippen molar-refractivity contribution >= 4 is 23.3 Å². The molecular weight excluding hydrogens is 302 g/mol. The molecule has 2 N–H and O–H groups in total. The standard InChI is InChI=1S/C15H23N3O3S/c1-21-8-7-17(11-13-5-3-9-22-13)14(19)12-4-2-6-18(10-12)15(16)20/h3,5,9,12H,2,4,6-8,10-11H2,1H3,(H2,16,20)/t12-/m0/s1. The molecule has 1 atom stereocenters. The van der Waals surface area contributed by atoms with Gasteiger partial charge in [0.1, 0.15) is 0 Å². The number of hydrogen-bond acceptors (Lipinski definition) is 4. The summed E-state index contributed by atoms with van der Waals surface area (Å²) in [5, 5.41) is 2.00. The summed E-state index contributed by atoms with van der Waals surface area (Å²) in [6, 6.07) is 3.56. The molecule has 1 aliphatic rings. The van der Waals surface area contributed by atoms with Crippen molar-refractivity contribution in [1.29, 1.82) is 0 Å². The molecule has 0 aromatic carbocycles. The second kappa shape index (κ2) is 8.14. The fourth-order valence-corrected chi connectivity index (χ4v) is 3.42. The lowest BCUT2D eigenvalue weighted by Gasteiger charge is -2.34. The van der Waals surface area contributed by atoms with E-state index in [4.69, 9.17) is 10.5 Å². The molecule has 1 aliphatic heterocycles. The highest BCUT2D eigenvalue weighted by molar-refractivity contribution is 7.09. The first-order valence-electron chi connectivity index (χ1n) is 7.46. The van der Waals surface area contributed by atoms with Crippen molar-refractivity contribution in [3.63, 3.8) is 0 Å². The van der Waals surface area contributed by atoms with E-state index in [2.05, 4.69) is 0 Å². The number of nitrogens with two attached hydrogens (primary N) is 1. The first-order valence-corrected chi connectivity index (χ1v) is 8.34. The summed E-state index contributed by atoms with van der Waals surface area (Å²) in [5.41, 5.74) is 5.34. The average molecular weight is 325 g/mol. The fourth-order valence-electron chi connectivity index (χ4n) is 2.70. The Bertz CT molecular complexity index is 492. The Kier molecular flexibility index (Phi) is 6.21. The molecule has 7 heteroatoms. The van der Waals surface area contributed by atoms with E-state index in [1.54, 1.807) is 23.3 Å². The van der Waals surface area contributed by atoms with E-state index in [1.165, 1.54) is 0 Å². The van der Waals surface area contributed by atoms with Crippen molar-refractivity contribution in [1.82, 2.24) is 9.80 Å². The fraction of sp³-hybridized carbons (Fsp3) is 0.600. The summed E-state index contributed by atoms with van der Waals surface area (Å²) in [6.45, 7) is 2.71. The highest BCUT2D eigenvalue weighted by Gasteiger charge is 2.30. The minimum atomic E-state index is -0.445. The maximum Gasteiger partial charge on any atom is 0.314 e. The van der Waals surface area contributed by atoms with Gasteiger partial charge in [-0.25, -0.2) is 4.79 Å². The second-order valence-corrected chi connectivity index (χ2v) is 6.49. The average Bonchev–Trinajstić information content (AvgIpc) is 3.04. The van der Waals surface area contributed by atoms with Gasteiger partial charge in [-0.1, -0.05) is 6.07 Å². The highest BCUT2D eigenvalue weighted by Crippen LogP contribution is 2.21. The minimum absolute atomic E-state index is 0.0800. The first-order chi connectivity index (χ1) is 10.6. The van der Waals surface area contributed by atoms with Crippen molar-refractivity contribution < 1.29 is 14.3 Å². The molecule has 1 aromatic heterocycles. The van der Waals surface area contributed by atoms with Gasteiger partial charge in [-0.15, -0.1) is 11.3 Å². The second-order valence-electron chi connectivity index (χ2n) is 5.46. The zero-order chi connectivity index (χ0) is 15.9. The maximum absolute atomic E-state index is 12.8. The number of carbonyl (C=O) groups excluding carboxylic acids is 2. The predicted molar refractivity (Wildman–Crippen MR) is 85.5 cm³/mol. The zero-order valence-corrected chi connectivity index (χ0v) is 13.7. The van der Waals surface area contributed by atoms with E-state index in [1.807, 2.05) is 22.4 Å². The lowest BCUT2D eigenvalue weighted by Crippen LogP contribution is -2.48. The van der Waals surface area contributed by atoms with Crippen LogP contribution in [-0.2, 0) is 16.1 Å². The van der Waals surface area contributed by atoms with Crippen LogP contribution in [0.15, 0.2) is 17.5 Å². The van der Waals surface area contributed by atoms with Crippen LogP contribution in [0, 0.1) is 5.92 Å². The molecule has 0 unspecified atom stereocenters. The van der Waals surface area contributed by atoms with Crippen LogP contribution in [-0.4, -0.2) is 55.1 Å². The van der Waals surface area contributed by atoms with Gasteiger partial charge in [0.2, 0.25) is 5.91 Å². The summed E-state index contributed by atoms with van der Waals surface area (Å²) in [4.78, 5) is 28.7. The van der Waals surface area contributed by atoms with Crippen molar-refractivity contribution in [2.45, 2.75) is 19.4 Å². The van der Waals surface area contributed by atoms with Crippen molar-refractivity contribution in [3.05, 3.63) is 22.4 Å². The smallest absolute Gasteiger partial charge is 0.314 e. The molecule has 6 nitrogen and oxygen atoms in total. The number of carbonyl (C=O) groups is 2. The summed E-state index contributed by atoms with van der Waals surface area (Å²) < 4.78 is 5.11. The lowest BCUT2D eigenvalue weighted by atomic mass is 9.96. The van der Waals surface area contributed by atoms with Gasteiger partial charge in [0, 0.05) is 31.6 Å². The largest absolute Gasteiger partial charge is 0.383 e. The Hall–Kier alpha value is -1.60. The molecule has 122 valence electrons. The monoisotopic (exact) mass is 325 g/mol. The van der Waals surface area contributed by atoms with Crippen LogP contribution in [0.1, 0.15) is 17.7 Å². The van der Waals surface area contributed by atoms with E-state index in [9.17, 15) is 9.59 Å². The summed E-state index contributed by atoms with van der Waals surface area (Å²) in [7, 11) is 1.63. The molecule has 3 amide bonds. The number of likely N-dealkylation sites (tertiary alicyclic amines) is 1. The van der Waals surface area contributed by atoms with Gasteiger partial charge in [-0.3, -0.25) is 4.79 Å². The Morgan fingerprint density at radius 1 is 1.55 bits per heavy atom. The molecule has 0 radical (unpaired) electrons. The molecule has 1 aromatic rings. The van der Waals surface area contributed by atoms with Gasteiger partial charge >= 0.3 is 6.03 Å². The predicted octanol–water partition coefficient (Wildman–Crippen LogP) is 1.51. The molecule has 0 aliphatic carbocycles. The van der Waals surface area contributed by atoms with Crippen LogP contribution in [0.4, 0.5) is 4.79 Å². The van der Waals surface area contributed by atoms with Crippen LogP contribution < -0.4 is 5.73 Å². The molecule has 0 spiro atoms. The van der Waals surface area contributed by atoms with E-state index in [0.29, 0.717) is 32.8 Å². The number of nitrogens with zero attached hydrogens (tertiary/aromatic N) is 2. The number of primary amides is 1. The third-order valence-electron chi connectivity index (χ3n) is 3.89. The number of rotatable bonds is 6.